The predicted molar refractivity (Wildman–Crippen MR) is 144 cm³/mol. The first kappa shape index (κ1) is 24.0. The molecule has 4 bridgehead atoms. The van der Waals surface area contributed by atoms with Gasteiger partial charge in [-0.25, -0.2) is 19.2 Å². The zero-order valence-electron chi connectivity index (χ0n) is 20.9. The number of likely N-dealkylation sites (tertiary alicyclic amines) is 2. The summed E-state index contributed by atoms with van der Waals surface area (Å²) in [5, 5.41) is 20.9. The Bertz CT molecular complexity index is 1400. The maximum absolute atomic E-state index is 14.3. The molecular formula is C28H26N4O6S+2. The van der Waals surface area contributed by atoms with E-state index in [1.165, 1.54) is 21.1 Å². The number of carbonyl (C=O) groups excluding carboxylic acids is 2. The van der Waals surface area contributed by atoms with Crippen LogP contribution < -0.4 is 8.97 Å². The molecular weight excluding hydrogens is 520 g/mol. The second-order valence-corrected chi connectivity index (χ2v) is 11.5. The topological polar surface area (TPSA) is 115 Å². The van der Waals surface area contributed by atoms with Gasteiger partial charge in [0.2, 0.25) is 10.0 Å². The second kappa shape index (κ2) is 8.22. The Balaban J connectivity index is 1.34. The number of fused-ring (bicyclic) bond motifs is 4. The quantitative estimate of drug-likeness (QED) is 0.541. The first-order valence-corrected chi connectivity index (χ1v) is 13.8. The molecule has 2 atom stereocenters. The normalized spacial score (nSPS) is 26.7. The highest BCUT2D eigenvalue weighted by molar-refractivity contribution is 7.20. The lowest BCUT2D eigenvalue weighted by molar-refractivity contribution is -0.131. The molecule has 39 heavy (non-hydrogen) atoms. The van der Waals surface area contributed by atoms with E-state index in [0.29, 0.717) is 48.8 Å². The van der Waals surface area contributed by atoms with Crippen molar-refractivity contribution in [3.8, 4) is 0 Å². The van der Waals surface area contributed by atoms with E-state index in [-0.39, 0.29) is 20.8 Å². The molecule has 0 aromatic carbocycles. The minimum absolute atomic E-state index is 0.205. The van der Waals surface area contributed by atoms with E-state index >= 15 is 0 Å². The van der Waals surface area contributed by atoms with Gasteiger partial charge in [0.05, 0.1) is 0 Å². The van der Waals surface area contributed by atoms with Crippen molar-refractivity contribution in [1.82, 2.24) is 18.8 Å². The average molecular weight is 547 g/mol. The highest BCUT2D eigenvalue weighted by atomic mass is 32.1. The van der Waals surface area contributed by atoms with Crippen molar-refractivity contribution in [1.29, 1.82) is 0 Å². The SMILES string of the molecule is O=C(O)N1CCC[C@H]1C(=O)[N+]1(c2ccc([N+]3(C(=O)[C@@H]4CCCN4C(=O)O)C4=CC=C3C=C4)s2)C2=CC=C1C=C2. The van der Waals surface area contributed by atoms with E-state index < -0.39 is 24.3 Å². The fourth-order valence-electron chi connectivity index (χ4n) is 6.96. The van der Waals surface area contributed by atoms with Crippen LogP contribution in [0.25, 0.3) is 0 Å². The summed E-state index contributed by atoms with van der Waals surface area (Å²) < 4.78 is -0.410. The molecule has 7 rings (SSSR count). The van der Waals surface area contributed by atoms with Crippen LogP contribution in [-0.2, 0) is 9.59 Å². The van der Waals surface area contributed by atoms with E-state index in [1.54, 1.807) is 0 Å². The molecule has 0 radical (unpaired) electrons. The summed E-state index contributed by atoms with van der Waals surface area (Å²) in [5.41, 5.74) is 2.97. The lowest BCUT2D eigenvalue weighted by atomic mass is 10.1. The molecule has 0 unspecified atom stereocenters. The van der Waals surface area contributed by atoms with Gasteiger partial charge in [0.25, 0.3) is 0 Å². The van der Waals surface area contributed by atoms with Gasteiger partial charge < -0.3 is 10.2 Å². The van der Waals surface area contributed by atoms with E-state index in [0.717, 1.165) is 22.8 Å². The number of nitrogens with zero attached hydrogens (tertiary/aromatic N) is 4. The van der Waals surface area contributed by atoms with Crippen molar-refractivity contribution in [3.05, 3.63) is 83.5 Å². The molecule has 6 aliphatic heterocycles. The van der Waals surface area contributed by atoms with Crippen molar-refractivity contribution >= 4 is 45.3 Å². The van der Waals surface area contributed by atoms with Gasteiger partial charge in [0.15, 0.2) is 34.9 Å². The standard InChI is InChI=1S/C28H24N4O6S/c33-25(21-3-1-15-29(21)27(35)36)31(17-5-6-18(31)8-7-17)23-13-14-24(39-23)32(19-9-10-20(32)12-11-19)26(34)22-4-2-16-30(22)28(37)38/h5-14,21-22H,1-4,15-16H2/p+2/t21-,22-/m0/s1. The summed E-state index contributed by atoms with van der Waals surface area (Å²) >= 11 is 1.34. The molecule has 6 aliphatic rings. The molecule has 2 saturated heterocycles. The monoisotopic (exact) mass is 546 g/mol. The zero-order chi connectivity index (χ0) is 27.1. The van der Waals surface area contributed by atoms with E-state index in [4.69, 9.17) is 0 Å². The lowest BCUT2D eigenvalue weighted by Crippen LogP contribution is -2.57. The van der Waals surface area contributed by atoms with E-state index in [2.05, 4.69) is 0 Å². The fraction of sp³-hybridized carbons (Fsp3) is 0.286. The number of thiophene rings is 1. The van der Waals surface area contributed by atoms with Crippen LogP contribution in [0.2, 0.25) is 0 Å². The van der Waals surface area contributed by atoms with Gasteiger partial charge in [-0.2, -0.15) is 8.97 Å². The molecule has 11 heteroatoms. The van der Waals surface area contributed by atoms with Crippen LogP contribution in [0.1, 0.15) is 25.7 Å². The summed E-state index contributed by atoms with van der Waals surface area (Å²) in [7, 11) is 0. The maximum Gasteiger partial charge on any atom is 0.408 e. The number of carbonyl (C=O) groups is 4. The molecule has 198 valence electrons. The number of allylic oxidation sites excluding steroid dienone is 8. The Hall–Kier alpha value is -4.06. The van der Waals surface area contributed by atoms with Crippen LogP contribution in [0.5, 0.6) is 0 Å². The second-order valence-electron chi connectivity index (χ2n) is 10.4. The number of quaternary nitrogens is 2. The van der Waals surface area contributed by atoms with Gasteiger partial charge in [-0.15, -0.1) is 0 Å². The Morgan fingerprint density at radius 1 is 0.667 bits per heavy atom. The molecule has 2 N–H and O–H groups in total. The molecule has 0 saturated carbocycles. The van der Waals surface area contributed by atoms with Crippen molar-refractivity contribution in [2.75, 3.05) is 13.1 Å². The smallest absolute Gasteiger partial charge is 0.408 e. The third-order valence-corrected chi connectivity index (χ3v) is 9.95. The number of hydrogen-bond donors (Lipinski definition) is 2. The Morgan fingerprint density at radius 3 is 1.33 bits per heavy atom. The lowest BCUT2D eigenvalue weighted by Gasteiger charge is -2.34. The predicted octanol–water partition coefficient (Wildman–Crippen LogP) is 4.40. The third-order valence-electron chi connectivity index (χ3n) is 8.72. The molecule has 2 fully saturated rings. The van der Waals surface area contributed by atoms with Crippen molar-refractivity contribution < 1.29 is 29.4 Å². The van der Waals surface area contributed by atoms with Gasteiger partial charge in [0.1, 0.15) is 0 Å². The minimum atomic E-state index is -1.11. The van der Waals surface area contributed by atoms with Crippen LogP contribution in [-0.4, -0.2) is 69.2 Å². The van der Waals surface area contributed by atoms with E-state index in [9.17, 15) is 29.4 Å². The third kappa shape index (κ3) is 2.92. The summed E-state index contributed by atoms with van der Waals surface area (Å²) in [6, 6.07) is 2.15. The van der Waals surface area contributed by atoms with Crippen LogP contribution in [0.15, 0.2) is 83.5 Å². The summed E-state index contributed by atoms with van der Waals surface area (Å²) in [4.78, 5) is 55.0. The average Bonchev–Trinajstić information content (AvgIpc) is 3.78. The highest BCUT2D eigenvalue weighted by Gasteiger charge is 2.60. The van der Waals surface area contributed by atoms with Crippen LogP contribution in [0, 0.1) is 0 Å². The number of hydrogen-bond acceptors (Lipinski definition) is 5. The van der Waals surface area contributed by atoms with Crippen molar-refractivity contribution in [2.45, 2.75) is 37.8 Å². The number of carboxylic acid groups (broad SMARTS) is 2. The van der Waals surface area contributed by atoms with Crippen LogP contribution in [0.3, 0.4) is 0 Å². The van der Waals surface area contributed by atoms with Crippen molar-refractivity contribution in [2.24, 2.45) is 0 Å². The number of rotatable bonds is 4. The molecule has 1 aromatic rings. The molecule has 0 spiro atoms. The molecule has 10 nitrogen and oxygen atoms in total. The van der Waals surface area contributed by atoms with Gasteiger partial charge in [-0.3, -0.25) is 9.80 Å². The first-order chi connectivity index (χ1) is 18.8. The van der Waals surface area contributed by atoms with Crippen LogP contribution >= 0.6 is 11.3 Å². The largest absolute Gasteiger partial charge is 0.465 e. The van der Waals surface area contributed by atoms with Gasteiger partial charge >= 0.3 is 24.0 Å². The highest BCUT2D eigenvalue weighted by Crippen LogP contribution is 2.55. The number of amides is 4. The summed E-state index contributed by atoms with van der Waals surface area (Å²) in [5.74, 6) is -0.454. The molecule has 1 aromatic heterocycles. The van der Waals surface area contributed by atoms with Crippen LogP contribution in [0.4, 0.5) is 19.6 Å². The Morgan fingerprint density at radius 2 is 1.03 bits per heavy atom. The molecule has 7 heterocycles. The Kier molecular flexibility index (Phi) is 5.06. The summed E-state index contributed by atoms with van der Waals surface area (Å²) in [6.07, 6.45) is 15.0. The van der Waals surface area contributed by atoms with Gasteiger partial charge in [0, 0.05) is 73.8 Å². The molecule has 4 amide bonds. The minimum Gasteiger partial charge on any atom is -0.465 e. The molecule has 0 aliphatic carbocycles. The van der Waals surface area contributed by atoms with Crippen molar-refractivity contribution in [3.63, 3.8) is 0 Å². The maximum atomic E-state index is 14.3. The Labute approximate surface area is 227 Å². The first-order valence-electron chi connectivity index (χ1n) is 13.0. The fourth-order valence-corrected chi connectivity index (χ4v) is 8.33. The van der Waals surface area contributed by atoms with E-state index in [1.807, 2.05) is 60.7 Å². The summed E-state index contributed by atoms with van der Waals surface area (Å²) in [6.45, 7) is 0.633. The van der Waals surface area contributed by atoms with Gasteiger partial charge in [-0.1, -0.05) is 0 Å². The zero-order valence-corrected chi connectivity index (χ0v) is 21.7. The van der Waals surface area contributed by atoms with Gasteiger partial charge in [-0.05, 0) is 37.0 Å².